The lowest BCUT2D eigenvalue weighted by Gasteiger charge is -2.28. The average molecular weight is 214 g/mol. The van der Waals surface area contributed by atoms with E-state index in [1.807, 2.05) is 38.1 Å². The Bertz CT molecular complexity index is 297. The fourth-order valence-electron chi connectivity index (χ4n) is 1.14. The predicted molar refractivity (Wildman–Crippen MR) is 60.9 cm³/mol. The van der Waals surface area contributed by atoms with Gasteiger partial charge in [0.1, 0.15) is 5.72 Å². The zero-order valence-electron chi connectivity index (χ0n) is 8.80. The second-order valence-electron chi connectivity index (χ2n) is 3.51. The lowest BCUT2D eigenvalue weighted by atomic mass is 10.2. The van der Waals surface area contributed by atoms with E-state index in [1.165, 1.54) is 5.56 Å². The van der Waals surface area contributed by atoms with Gasteiger partial charge in [0.25, 0.3) is 0 Å². The average Bonchev–Trinajstić information content (AvgIpc) is 2.21. The number of hydrogen-bond donors (Lipinski definition) is 1. The van der Waals surface area contributed by atoms with Crippen LogP contribution in [0.5, 0.6) is 0 Å². The molecule has 1 atom stereocenters. The van der Waals surface area contributed by atoms with Gasteiger partial charge in [-0.1, -0.05) is 18.2 Å². The van der Waals surface area contributed by atoms with Gasteiger partial charge in [0.05, 0.1) is 5.88 Å². The molecule has 0 heterocycles. The third-order valence-corrected chi connectivity index (χ3v) is 2.76. The molecule has 1 N–H and O–H groups in total. The van der Waals surface area contributed by atoms with Gasteiger partial charge in [-0.25, -0.2) is 0 Å². The van der Waals surface area contributed by atoms with Crippen LogP contribution >= 0.6 is 11.6 Å². The van der Waals surface area contributed by atoms with E-state index in [0.29, 0.717) is 5.88 Å². The Labute approximate surface area is 90.2 Å². The van der Waals surface area contributed by atoms with Gasteiger partial charge in [0.15, 0.2) is 0 Å². The van der Waals surface area contributed by atoms with Crippen molar-refractivity contribution in [1.82, 2.24) is 0 Å². The summed E-state index contributed by atoms with van der Waals surface area (Å²) in [7, 11) is 1.65. The monoisotopic (exact) mass is 213 g/mol. The normalized spacial score (nSPS) is 14.9. The summed E-state index contributed by atoms with van der Waals surface area (Å²) in [5, 5.41) is 3.27. The molecule has 3 heteroatoms. The predicted octanol–water partition coefficient (Wildman–Crippen LogP) is 3.01. The van der Waals surface area contributed by atoms with Crippen molar-refractivity contribution in [2.75, 3.05) is 18.3 Å². The molecule has 0 aromatic heterocycles. The van der Waals surface area contributed by atoms with Crippen LogP contribution in [0.25, 0.3) is 0 Å². The molecule has 0 aliphatic carbocycles. The van der Waals surface area contributed by atoms with Crippen LogP contribution in [0.3, 0.4) is 0 Å². The largest absolute Gasteiger partial charge is 0.358 e. The van der Waals surface area contributed by atoms with Crippen LogP contribution in [0.4, 0.5) is 5.69 Å². The summed E-state index contributed by atoms with van der Waals surface area (Å²) in [6.07, 6.45) is 0. The minimum Gasteiger partial charge on any atom is -0.358 e. The SMILES string of the molecule is COC(C)(CCl)Nc1ccccc1C. The second-order valence-corrected chi connectivity index (χ2v) is 3.78. The topological polar surface area (TPSA) is 21.3 Å². The Kier molecular flexibility index (Phi) is 3.78. The number of benzene rings is 1. The van der Waals surface area contributed by atoms with Gasteiger partial charge in [-0.15, -0.1) is 11.6 Å². The molecule has 78 valence electrons. The van der Waals surface area contributed by atoms with Gasteiger partial charge in [-0.2, -0.15) is 0 Å². The van der Waals surface area contributed by atoms with Crippen molar-refractivity contribution in [2.24, 2.45) is 0 Å². The number of nitrogens with one attached hydrogen (secondary N) is 1. The maximum Gasteiger partial charge on any atom is 0.149 e. The highest BCUT2D eigenvalue weighted by Crippen LogP contribution is 2.20. The fraction of sp³-hybridized carbons (Fsp3) is 0.455. The molecule has 0 aliphatic heterocycles. The lowest BCUT2D eigenvalue weighted by Crippen LogP contribution is -2.39. The quantitative estimate of drug-likeness (QED) is 0.613. The Balaban J connectivity index is 2.82. The van der Waals surface area contributed by atoms with Gasteiger partial charge < -0.3 is 10.1 Å². The highest BCUT2D eigenvalue weighted by Gasteiger charge is 2.21. The van der Waals surface area contributed by atoms with Gasteiger partial charge >= 0.3 is 0 Å². The molecule has 2 nitrogen and oxygen atoms in total. The smallest absolute Gasteiger partial charge is 0.149 e. The molecule has 1 aromatic rings. The summed E-state index contributed by atoms with van der Waals surface area (Å²) in [5.41, 5.74) is 1.73. The summed E-state index contributed by atoms with van der Waals surface area (Å²) in [4.78, 5) is 0. The number of para-hydroxylation sites is 1. The minimum absolute atomic E-state index is 0.401. The van der Waals surface area contributed by atoms with E-state index in [9.17, 15) is 0 Å². The van der Waals surface area contributed by atoms with Crippen molar-refractivity contribution in [3.63, 3.8) is 0 Å². The van der Waals surface area contributed by atoms with Crippen LogP contribution in [0.2, 0.25) is 0 Å². The highest BCUT2D eigenvalue weighted by molar-refractivity contribution is 6.18. The maximum absolute atomic E-state index is 5.82. The zero-order valence-corrected chi connectivity index (χ0v) is 9.56. The standard InChI is InChI=1S/C11H16ClNO/c1-9-6-4-5-7-10(9)13-11(2,8-12)14-3/h4-7,13H,8H2,1-3H3. The zero-order chi connectivity index (χ0) is 10.6. The van der Waals surface area contributed by atoms with Crippen molar-refractivity contribution < 1.29 is 4.74 Å². The van der Waals surface area contributed by atoms with Crippen molar-refractivity contribution >= 4 is 17.3 Å². The Morgan fingerprint density at radius 3 is 2.57 bits per heavy atom. The Hall–Kier alpha value is -0.730. The molecule has 1 rings (SSSR count). The molecule has 0 radical (unpaired) electrons. The molecule has 14 heavy (non-hydrogen) atoms. The van der Waals surface area contributed by atoms with E-state index < -0.39 is 5.72 Å². The van der Waals surface area contributed by atoms with E-state index >= 15 is 0 Å². The summed E-state index contributed by atoms with van der Waals surface area (Å²) in [5.74, 6) is 0.401. The molecule has 0 saturated heterocycles. The number of hydrogen-bond acceptors (Lipinski definition) is 2. The Morgan fingerprint density at radius 1 is 1.43 bits per heavy atom. The summed E-state index contributed by atoms with van der Waals surface area (Å²) in [6, 6.07) is 8.05. The van der Waals surface area contributed by atoms with E-state index in [0.717, 1.165) is 5.69 Å². The van der Waals surface area contributed by atoms with Gasteiger partial charge in [0, 0.05) is 12.8 Å². The first-order valence-electron chi connectivity index (χ1n) is 4.56. The molecule has 0 fully saturated rings. The van der Waals surface area contributed by atoms with Crippen LogP contribution in [-0.4, -0.2) is 18.7 Å². The molecule has 0 bridgehead atoms. The van der Waals surface area contributed by atoms with E-state index in [2.05, 4.69) is 5.32 Å². The van der Waals surface area contributed by atoms with Crippen LogP contribution in [0.15, 0.2) is 24.3 Å². The number of halogens is 1. The van der Waals surface area contributed by atoms with Crippen molar-refractivity contribution in [2.45, 2.75) is 19.6 Å². The highest BCUT2D eigenvalue weighted by atomic mass is 35.5. The number of anilines is 1. The van der Waals surface area contributed by atoms with Gasteiger partial charge in [-0.05, 0) is 25.5 Å². The summed E-state index contributed by atoms with van der Waals surface area (Å²) < 4.78 is 5.30. The number of alkyl halides is 1. The molecule has 1 aromatic carbocycles. The number of methoxy groups -OCH3 is 1. The first-order chi connectivity index (χ1) is 6.61. The van der Waals surface area contributed by atoms with Crippen molar-refractivity contribution in [1.29, 1.82) is 0 Å². The molecule has 0 spiro atoms. The summed E-state index contributed by atoms with van der Waals surface area (Å²) in [6.45, 7) is 3.97. The van der Waals surface area contributed by atoms with Crippen molar-refractivity contribution in [3.05, 3.63) is 29.8 Å². The summed E-state index contributed by atoms with van der Waals surface area (Å²) >= 11 is 5.82. The fourth-order valence-corrected chi connectivity index (χ4v) is 1.31. The molecule has 0 saturated carbocycles. The molecule has 1 unspecified atom stereocenters. The lowest BCUT2D eigenvalue weighted by molar-refractivity contribution is 0.0510. The molecular formula is C11H16ClNO. The Morgan fingerprint density at radius 2 is 2.07 bits per heavy atom. The number of ether oxygens (including phenoxy) is 1. The first-order valence-corrected chi connectivity index (χ1v) is 5.10. The van der Waals surface area contributed by atoms with E-state index in [4.69, 9.17) is 16.3 Å². The minimum atomic E-state index is -0.506. The maximum atomic E-state index is 5.82. The van der Waals surface area contributed by atoms with Crippen LogP contribution < -0.4 is 5.32 Å². The van der Waals surface area contributed by atoms with Crippen LogP contribution in [0, 0.1) is 6.92 Å². The van der Waals surface area contributed by atoms with Crippen molar-refractivity contribution in [3.8, 4) is 0 Å². The number of rotatable bonds is 4. The van der Waals surface area contributed by atoms with Gasteiger partial charge in [0.2, 0.25) is 0 Å². The first kappa shape index (κ1) is 11.3. The molecule has 0 amide bonds. The third kappa shape index (κ3) is 2.63. The molecule has 0 aliphatic rings. The van der Waals surface area contributed by atoms with E-state index in [-0.39, 0.29) is 0 Å². The van der Waals surface area contributed by atoms with Crippen LogP contribution in [0.1, 0.15) is 12.5 Å². The number of aryl methyl sites for hydroxylation is 1. The second kappa shape index (κ2) is 4.67. The van der Waals surface area contributed by atoms with Gasteiger partial charge in [-0.3, -0.25) is 0 Å². The molecular weight excluding hydrogens is 198 g/mol. The third-order valence-electron chi connectivity index (χ3n) is 2.25. The van der Waals surface area contributed by atoms with Crippen LogP contribution in [-0.2, 0) is 4.74 Å². The van der Waals surface area contributed by atoms with E-state index in [1.54, 1.807) is 7.11 Å².